The molecular formula is C18H22N6O4. The number of carbonyl (C=O) groups excluding carboxylic acids is 2. The summed E-state index contributed by atoms with van der Waals surface area (Å²) in [6, 6.07) is 8.80. The minimum atomic E-state index is -0.558. The second kappa shape index (κ2) is 8.36. The van der Waals surface area contributed by atoms with Gasteiger partial charge in [0.15, 0.2) is 0 Å². The molecule has 1 aromatic carbocycles. The van der Waals surface area contributed by atoms with Crippen LogP contribution in [0.1, 0.15) is 18.4 Å². The average Bonchev–Trinajstić information content (AvgIpc) is 3.32. The summed E-state index contributed by atoms with van der Waals surface area (Å²) >= 11 is 0. The zero-order chi connectivity index (χ0) is 19.3. The molecular weight excluding hydrogens is 364 g/mol. The van der Waals surface area contributed by atoms with E-state index in [1.807, 2.05) is 30.3 Å². The number of rotatable bonds is 8. The van der Waals surface area contributed by atoms with Crippen molar-refractivity contribution in [2.45, 2.75) is 38.1 Å². The second-order valence-electron chi connectivity index (χ2n) is 6.71. The molecule has 0 saturated carbocycles. The molecule has 2 aromatic rings. The molecule has 3 amide bonds. The Morgan fingerprint density at radius 1 is 1.18 bits per heavy atom. The van der Waals surface area contributed by atoms with Crippen LogP contribution in [0.2, 0.25) is 0 Å². The number of amides is 3. The van der Waals surface area contributed by atoms with E-state index >= 15 is 0 Å². The number of hydroxylamine groups is 3. The summed E-state index contributed by atoms with van der Waals surface area (Å²) in [4.78, 5) is 39.1. The molecule has 3 heterocycles. The standard InChI is InChI=1S/C18H22N6O4/c25-17(21-27-11-10-23-19-8-9-20-23)16-7-6-15-12-22(16)18(26)24(15)28-13-14-4-2-1-3-5-14/h1-5,8-9,15-16H,6-7,10-13H2,(H,21,25)/t15-,16+/m1/s1. The Morgan fingerprint density at radius 2 is 1.96 bits per heavy atom. The molecule has 28 heavy (non-hydrogen) atoms. The minimum absolute atomic E-state index is 0.0351. The highest BCUT2D eigenvalue weighted by molar-refractivity contribution is 5.88. The Morgan fingerprint density at radius 3 is 2.75 bits per heavy atom. The molecule has 0 spiro atoms. The molecule has 0 radical (unpaired) electrons. The van der Waals surface area contributed by atoms with Crippen LogP contribution in [0.5, 0.6) is 0 Å². The normalized spacial score (nSPS) is 21.2. The predicted octanol–water partition coefficient (Wildman–Crippen LogP) is 0.726. The van der Waals surface area contributed by atoms with Gasteiger partial charge in [-0.3, -0.25) is 14.5 Å². The highest BCUT2D eigenvalue weighted by Crippen LogP contribution is 2.30. The SMILES string of the molecule is O=C(NOCCn1nccn1)[C@@H]1CC[C@@H]2CN1C(=O)N2OCc1ccccc1. The van der Waals surface area contributed by atoms with E-state index in [2.05, 4.69) is 15.7 Å². The Kier molecular flexibility index (Phi) is 5.49. The van der Waals surface area contributed by atoms with Gasteiger partial charge in [0.2, 0.25) is 0 Å². The number of fused-ring (bicyclic) bond motifs is 2. The molecule has 2 bridgehead atoms. The number of benzene rings is 1. The fourth-order valence-corrected chi connectivity index (χ4v) is 3.47. The van der Waals surface area contributed by atoms with Crippen LogP contribution in [-0.2, 0) is 27.6 Å². The Labute approximate surface area is 161 Å². The second-order valence-corrected chi connectivity index (χ2v) is 6.71. The smallest absolute Gasteiger partial charge is 0.309 e. The summed E-state index contributed by atoms with van der Waals surface area (Å²) in [5.74, 6) is -0.329. The van der Waals surface area contributed by atoms with E-state index in [-0.39, 0.29) is 24.6 Å². The molecule has 2 fully saturated rings. The van der Waals surface area contributed by atoms with Gasteiger partial charge in [-0.2, -0.15) is 20.1 Å². The van der Waals surface area contributed by atoms with Crippen LogP contribution in [-0.4, -0.2) is 62.1 Å². The number of aromatic nitrogens is 3. The van der Waals surface area contributed by atoms with Crippen molar-refractivity contribution in [3.63, 3.8) is 0 Å². The van der Waals surface area contributed by atoms with E-state index in [4.69, 9.17) is 9.68 Å². The molecule has 148 valence electrons. The first-order chi connectivity index (χ1) is 13.7. The molecule has 1 aromatic heterocycles. The van der Waals surface area contributed by atoms with Crippen LogP contribution >= 0.6 is 0 Å². The lowest BCUT2D eigenvalue weighted by Gasteiger charge is -2.28. The van der Waals surface area contributed by atoms with Gasteiger partial charge in [0.25, 0.3) is 5.91 Å². The van der Waals surface area contributed by atoms with Crippen molar-refractivity contribution < 1.29 is 19.3 Å². The Bertz CT molecular complexity index is 800. The van der Waals surface area contributed by atoms with Gasteiger partial charge in [-0.25, -0.2) is 10.3 Å². The highest BCUT2D eigenvalue weighted by atomic mass is 16.7. The fraction of sp³-hybridized carbons (Fsp3) is 0.444. The van der Waals surface area contributed by atoms with Crippen LogP contribution in [0.4, 0.5) is 4.79 Å². The van der Waals surface area contributed by atoms with Crippen molar-refractivity contribution in [2.24, 2.45) is 0 Å². The fourth-order valence-electron chi connectivity index (χ4n) is 3.47. The van der Waals surface area contributed by atoms with Gasteiger partial charge in [0.1, 0.15) is 12.6 Å². The lowest BCUT2D eigenvalue weighted by molar-refractivity contribution is -0.141. The molecule has 4 rings (SSSR count). The zero-order valence-electron chi connectivity index (χ0n) is 15.3. The number of hydrogen-bond acceptors (Lipinski definition) is 6. The maximum absolute atomic E-state index is 12.7. The van der Waals surface area contributed by atoms with Crippen LogP contribution < -0.4 is 5.48 Å². The van der Waals surface area contributed by atoms with Crippen LogP contribution in [0.25, 0.3) is 0 Å². The Hall–Kier alpha value is -2.98. The van der Waals surface area contributed by atoms with Crippen LogP contribution in [0.15, 0.2) is 42.7 Å². The van der Waals surface area contributed by atoms with Crippen LogP contribution in [0, 0.1) is 0 Å². The lowest BCUT2D eigenvalue weighted by atomic mass is 10.0. The van der Waals surface area contributed by atoms with Crippen molar-refractivity contribution >= 4 is 11.9 Å². The molecule has 0 unspecified atom stereocenters. The quantitative estimate of drug-likeness (QED) is 0.530. The van der Waals surface area contributed by atoms with E-state index in [0.29, 0.717) is 32.5 Å². The van der Waals surface area contributed by atoms with Crippen molar-refractivity contribution in [1.82, 2.24) is 30.4 Å². The Balaban J connectivity index is 1.26. The van der Waals surface area contributed by atoms with Crippen molar-refractivity contribution in [3.8, 4) is 0 Å². The van der Waals surface area contributed by atoms with E-state index in [1.54, 1.807) is 17.3 Å². The molecule has 2 saturated heterocycles. The first kappa shape index (κ1) is 18.4. The third-order valence-electron chi connectivity index (χ3n) is 4.87. The number of nitrogens with one attached hydrogen (secondary N) is 1. The van der Waals surface area contributed by atoms with Gasteiger partial charge in [0.05, 0.1) is 31.6 Å². The van der Waals surface area contributed by atoms with E-state index in [0.717, 1.165) is 5.56 Å². The van der Waals surface area contributed by atoms with Gasteiger partial charge in [-0.15, -0.1) is 0 Å². The first-order valence-corrected chi connectivity index (χ1v) is 9.25. The first-order valence-electron chi connectivity index (χ1n) is 9.25. The highest BCUT2D eigenvalue weighted by Gasteiger charge is 2.48. The third-order valence-corrected chi connectivity index (χ3v) is 4.87. The summed E-state index contributed by atoms with van der Waals surface area (Å²) in [6.45, 7) is 1.45. The minimum Gasteiger partial charge on any atom is -0.309 e. The molecule has 1 N–H and O–H groups in total. The summed E-state index contributed by atoms with van der Waals surface area (Å²) in [7, 11) is 0. The van der Waals surface area contributed by atoms with Crippen molar-refractivity contribution in [3.05, 3.63) is 48.3 Å². The van der Waals surface area contributed by atoms with Crippen molar-refractivity contribution in [1.29, 1.82) is 0 Å². The molecule has 0 aliphatic carbocycles. The van der Waals surface area contributed by atoms with Gasteiger partial charge < -0.3 is 4.90 Å². The van der Waals surface area contributed by atoms with Gasteiger partial charge in [-0.1, -0.05) is 30.3 Å². The predicted molar refractivity (Wildman–Crippen MR) is 96.1 cm³/mol. The maximum Gasteiger partial charge on any atom is 0.345 e. The average molecular weight is 386 g/mol. The number of hydrogen-bond donors (Lipinski definition) is 1. The summed E-state index contributed by atoms with van der Waals surface area (Å²) in [6.07, 6.45) is 4.41. The van der Waals surface area contributed by atoms with Crippen molar-refractivity contribution in [2.75, 3.05) is 13.2 Å². The van der Waals surface area contributed by atoms with Gasteiger partial charge >= 0.3 is 6.03 Å². The molecule has 10 nitrogen and oxygen atoms in total. The van der Waals surface area contributed by atoms with Gasteiger partial charge in [0, 0.05) is 6.54 Å². The maximum atomic E-state index is 12.7. The largest absolute Gasteiger partial charge is 0.345 e. The number of carbonyl (C=O) groups is 2. The molecule has 10 heteroatoms. The number of piperidine rings is 1. The molecule has 2 atom stereocenters. The summed E-state index contributed by atoms with van der Waals surface area (Å²) in [5.41, 5.74) is 3.42. The lowest BCUT2D eigenvalue weighted by Crippen LogP contribution is -2.49. The molecule has 2 aliphatic heterocycles. The van der Waals surface area contributed by atoms with E-state index in [9.17, 15) is 9.59 Å². The van der Waals surface area contributed by atoms with Crippen LogP contribution in [0.3, 0.4) is 0 Å². The monoisotopic (exact) mass is 386 g/mol. The molecule has 2 aliphatic rings. The number of nitrogens with zero attached hydrogens (tertiary/aromatic N) is 5. The van der Waals surface area contributed by atoms with E-state index < -0.39 is 6.04 Å². The third kappa shape index (κ3) is 3.97. The van der Waals surface area contributed by atoms with Gasteiger partial charge in [-0.05, 0) is 18.4 Å². The summed E-state index contributed by atoms with van der Waals surface area (Å²) < 4.78 is 0. The summed E-state index contributed by atoms with van der Waals surface area (Å²) in [5, 5.41) is 9.31. The van der Waals surface area contributed by atoms with E-state index in [1.165, 1.54) is 9.86 Å². The zero-order valence-corrected chi connectivity index (χ0v) is 15.3. The number of urea groups is 1. The topological polar surface area (TPSA) is 102 Å².